The van der Waals surface area contributed by atoms with Crippen molar-refractivity contribution in [2.75, 3.05) is 0 Å². The molecule has 1 N–H and O–H groups in total. The lowest BCUT2D eigenvalue weighted by atomic mass is 10.1. The Bertz CT molecular complexity index is 1160. The second-order valence-corrected chi connectivity index (χ2v) is 6.06. The number of nitrogens with one attached hydrogen (secondary N) is 1. The van der Waals surface area contributed by atoms with Crippen molar-refractivity contribution in [2.24, 2.45) is 7.05 Å². The molecule has 3 rings (SSSR count). The van der Waals surface area contributed by atoms with Gasteiger partial charge in [0.1, 0.15) is 0 Å². The van der Waals surface area contributed by atoms with Crippen LogP contribution in [0, 0.1) is 25.6 Å². The molecule has 0 saturated heterocycles. The number of Topliss-reactive ketones (excluding diaryl/α,β-unsaturated/α-hetero) is 1. The third-order valence-corrected chi connectivity index (χ3v) is 4.27. The van der Waals surface area contributed by atoms with Crippen molar-refractivity contribution >= 4 is 17.2 Å². The van der Waals surface area contributed by atoms with Gasteiger partial charge in [0.25, 0.3) is 11.4 Å². The summed E-state index contributed by atoms with van der Waals surface area (Å²) >= 11 is 0. The van der Waals surface area contributed by atoms with Gasteiger partial charge in [-0.25, -0.2) is 0 Å². The molecule has 1 aromatic heterocycles. The molecule has 0 spiro atoms. The van der Waals surface area contributed by atoms with E-state index >= 15 is 0 Å². The highest BCUT2D eigenvalue weighted by Gasteiger charge is 2.16. The van der Waals surface area contributed by atoms with Crippen molar-refractivity contribution < 1.29 is 14.6 Å². The van der Waals surface area contributed by atoms with Gasteiger partial charge in [-0.1, -0.05) is 24.3 Å². The van der Waals surface area contributed by atoms with Crippen LogP contribution in [-0.2, 0) is 13.6 Å². The predicted octanol–water partition coefficient (Wildman–Crippen LogP) is 2.67. The average Bonchev–Trinajstić information content (AvgIpc) is 2.96. The summed E-state index contributed by atoms with van der Waals surface area (Å²) in [5.41, 5.74) is 0.978. The van der Waals surface area contributed by atoms with Crippen LogP contribution in [0.25, 0.3) is 11.3 Å². The largest absolute Gasteiger partial charge is 0.314 e. The van der Waals surface area contributed by atoms with Crippen LogP contribution in [0.2, 0.25) is 0 Å². The van der Waals surface area contributed by atoms with Crippen molar-refractivity contribution in [1.82, 2.24) is 9.13 Å². The van der Waals surface area contributed by atoms with Gasteiger partial charge in [0.2, 0.25) is 5.62 Å². The maximum absolute atomic E-state index is 12.5. The van der Waals surface area contributed by atoms with E-state index in [9.17, 15) is 25.0 Å². The number of imidazole rings is 1. The van der Waals surface area contributed by atoms with Gasteiger partial charge >= 0.3 is 0 Å². The van der Waals surface area contributed by atoms with E-state index in [1.165, 1.54) is 45.5 Å². The van der Waals surface area contributed by atoms with Crippen molar-refractivity contribution in [3.63, 3.8) is 0 Å². The van der Waals surface area contributed by atoms with E-state index in [0.29, 0.717) is 11.3 Å². The van der Waals surface area contributed by atoms with Gasteiger partial charge in [0.15, 0.2) is 5.78 Å². The second kappa shape index (κ2) is 7.27. The first kappa shape index (κ1) is 18.7. The molecule has 10 nitrogen and oxygen atoms in total. The maximum atomic E-state index is 12.5. The number of nitrogens with zero attached hydrogens (tertiary/aromatic N) is 4. The molecule has 28 heavy (non-hydrogen) atoms. The van der Waals surface area contributed by atoms with E-state index in [1.807, 2.05) is 0 Å². The molecule has 0 aliphatic heterocycles. The van der Waals surface area contributed by atoms with E-state index in [2.05, 4.69) is 0 Å². The third kappa shape index (κ3) is 3.56. The number of nitro groups is 2. The number of rotatable bonds is 6. The number of aromatic nitrogens is 2. The summed E-state index contributed by atoms with van der Waals surface area (Å²) in [7, 11) is 1.62. The number of ketones is 1. The second-order valence-electron chi connectivity index (χ2n) is 6.06. The fourth-order valence-corrected chi connectivity index (χ4v) is 2.81. The fourth-order valence-electron chi connectivity index (χ4n) is 2.81. The maximum Gasteiger partial charge on any atom is 0.270 e. The minimum atomic E-state index is -0.581. The zero-order chi connectivity index (χ0) is 20.4. The first-order valence-corrected chi connectivity index (χ1v) is 8.11. The van der Waals surface area contributed by atoms with Crippen LogP contribution in [0.15, 0.2) is 54.7 Å². The van der Waals surface area contributed by atoms with Crippen molar-refractivity contribution in [3.8, 4) is 11.3 Å². The third-order valence-electron chi connectivity index (χ3n) is 4.27. The van der Waals surface area contributed by atoms with Gasteiger partial charge in [-0.05, 0) is 0 Å². The molecule has 0 fully saturated rings. The zero-order valence-corrected chi connectivity index (χ0v) is 14.7. The summed E-state index contributed by atoms with van der Waals surface area (Å²) in [6.45, 7) is -0.192. The van der Waals surface area contributed by atoms with Gasteiger partial charge in [-0.3, -0.25) is 30.4 Å². The first-order chi connectivity index (χ1) is 13.3. The summed E-state index contributed by atoms with van der Waals surface area (Å²) in [6.07, 6.45) is 1.55. The normalized spacial score (nSPS) is 10.6. The highest BCUT2D eigenvalue weighted by atomic mass is 16.6. The van der Waals surface area contributed by atoms with Crippen LogP contribution in [0.5, 0.6) is 0 Å². The molecule has 0 radical (unpaired) electrons. The Morgan fingerprint density at radius 1 is 1.04 bits per heavy atom. The molecule has 0 aliphatic carbocycles. The van der Waals surface area contributed by atoms with Crippen LogP contribution in [0.1, 0.15) is 10.4 Å². The Hall–Kier alpha value is -4.08. The minimum Gasteiger partial charge on any atom is -0.314 e. The standard InChI is InChI=1S/C18H15N5O5/c1-20-16(12-4-2-6-14(8-12)22(25)26)10-21(18(20)19)11-17(24)13-5-3-7-15(9-13)23(27)28/h2-10,19H,11H2,1H3. The quantitative estimate of drug-likeness (QED) is 0.397. The summed E-state index contributed by atoms with van der Waals surface area (Å²) in [4.78, 5) is 33.3. The van der Waals surface area contributed by atoms with Crippen LogP contribution in [0.3, 0.4) is 0 Å². The SMILES string of the molecule is Cn1c(-c2cccc([N+](=O)[O-])c2)cn(CC(=O)c2cccc([N+](=O)[O-])c2)c1=N. The van der Waals surface area contributed by atoms with Crippen LogP contribution in [0.4, 0.5) is 11.4 Å². The summed E-state index contributed by atoms with van der Waals surface area (Å²) in [5, 5.41) is 30.1. The lowest BCUT2D eigenvalue weighted by molar-refractivity contribution is -0.385. The molecule has 1 heterocycles. The van der Waals surface area contributed by atoms with Gasteiger partial charge in [-0.2, -0.15) is 0 Å². The Morgan fingerprint density at radius 3 is 2.29 bits per heavy atom. The highest BCUT2D eigenvalue weighted by Crippen LogP contribution is 2.23. The Labute approximate surface area is 158 Å². The predicted molar refractivity (Wildman–Crippen MR) is 98.8 cm³/mol. The number of hydrogen-bond donors (Lipinski definition) is 1. The molecule has 0 unspecified atom stereocenters. The van der Waals surface area contributed by atoms with E-state index in [1.54, 1.807) is 25.4 Å². The number of carbonyl (C=O) groups is 1. The monoisotopic (exact) mass is 381 g/mol. The zero-order valence-electron chi connectivity index (χ0n) is 14.7. The molecule has 3 aromatic rings. The number of benzene rings is 2. The summed E-state index contributed by atoms with van der Waals surface area (Å²) < 4.78 is 2.88. The van der Waals surface area contributed by atoms with E-state index < -0.39 is 15.6 Å². The van der Waals surface area contributed by atoms with E-state index in [0.717, 1.165) is 0 Å². The molecule has 10 heteroatoms. The molecule has 0 atom stereocenters. The van der Waals surface area contributed by atoms with Gasteiger partial charge in [-0.15, -0.1) is 0 Å². The average molecular weight is 381 g/mol. The van der Waals surface area contributed by atoms with E-state index in [4.69, 9.17) is 5.41 Å². The highest BCUT2D eigenvalue weighted by molar-refractivity contribution is 5.96. The number of hydrogen-bond acceptors (Lipinski definition) is 6. The first-order valence-electron chi connectivity index (χ1n) is 8.11. The van der Waals surface area contributed by atoms with Gasteiger partial charge in [0.05, 0.1) is 22.1 Å². The van der Waals surface area contributed by atoms with Crippen LogP contribution < -0.4 is 5.62 Å². The molecule has 0 saturated carbocycles. The molecular formula is C18H15N5O5. The molecule has 2 aromatic carbocycles. The van der Waals surface area contributed by atoms with Gasteiger partial charge in [0, 0.05) is 48.6 Å². The van der Waals surface area contributed by atoms with Crippen LogP contribution in [-0.4, -0.2) is 24.8 Å². The number of carbonyl (C=O) groups excluding carboxylic acids is 1. The van der Waals surface area contributed by atoms with Crippen molar-refractivity contribution in [3.05, 3.63) is 86.1 Å². The molecule has 142 valence electrons. The van der Waals surface area contributed by atoms with E-state index in [-0.39, 0.29) is 29.1 Å². The van der Waals surface area contributed by atoms with Crippen molar-refractivity contribution in [1.29, 1.82) is 5.41 Å². The Morgan fingerprint density at radius 2 is 1.64 bits per heavy atom. The summed E-state index contributed by atoms with van der Waals surface area (Å²) in [6, 6.07) is 11.4. The lowest BCUT2D eigenvalue weighted by Gasteiger charge is -2.02. The molecule has 0 bridgehead atoms. The number of non-ortho nitro benzene ring substituents is 2. The molecule has 0 aliphatic rings. The van der Waals surface area contributed by atoms with Crippen molar-refractivity contribution in [2.45, 2.75) is 6.54 Å². The van der Waals surface area contributed by atoms with Gasteiger partial charge < -0.3 is 9.13 Å². The number of nitro benzene ring substituents is 2. The fraction of sp³-hybridized carbons (Fsp3) is 0.111. The smallest absolute Gasteiger partial charge is 0.270 e. The van der Waals surface area contributed by atoms with Crippen LogP contribution >= 0.6 is 0 Å². The summed E-state index contributed by atoms with van der Waals surface area (Å²) in [5.74, 6) is -0.390. The lowest BCUT2D eigenvalue weighted by Crippen LogP contribution is -2.25. The Balaban J connectivity index is 1.94. The topological polar surface area (TPSA) is 137 Å². The molecule has 0 amide bonds. The Kier molecular flexibility index (Phi) is 4.86. The minimum absolute atomic E-state index is 0.0142. The molecular weight excluding hydrogens is 366 g/mol.